The maximum absolute atomic E-state index is 13.2. The minimum Gasteiger partial charge on any atom is -0.500 e. The molecule has 2 nitrogen and oxygen atoms in total. The molecule has 0 N–H and O–H groups in total. The molecule has 3 aromatic carbocycles. The number of carbonyl (C=O) groups is 1. The average molecular weight is 378 g/mol. The maximum atomic E-state index is 13.2. The summed E-state index contributed by atoms with van der Waals surface area (Å²) < 4.78 is 5.74. The van der Waals surface area contributed by atoms with Crippen molar-refractivity contribution < 1.29 is 9.53 Å². The van der Waals surface area contributed by atoms with Crippen LogP contribution in [0.3, 0.4) is 0 Å². The Kier molecular flexibility index (Phi) is 5.88. The first-order valence-electron chi connectivity index (χ1n) is 9.83. The molecule has 0 radical (unpaired) electrons. The Labute approximate surface area is 171 Å². The van der Waals surface area contributed by atoms with Gasteiger partial charge in [0.05, 0.1) is 24.4 Å². The molecule has 2 atom stereocenters. The van der Waals surface area contributed by atoms with Crippen LogP contribution in [-0.2, 0) is 11.2 Å². The van der Waals surface area contributed by atoms with Gasteiger partial charge in [-0.2, -0.15) is 0 Å². The summed E-state index contributed by atoms with van der Waals surface area (Å²) in [4.78, 5) is 13.2. The molecule has 2 heteroatoms. The van der Waals surface area contributed by atoms with E-state index < -0.39 is 0 Å². The average Bonchev–Trinajstić information content (AvgIpc) is 2.79. The second-order valence-corrected chi connectivity index (χ2v) is 7.16. The molecule has 29 heavy (non-hydrogen) atoms. The van der Waals surface area contributed by atoms with Crippen LogP contribution in [0.15, 0.2) is 103 Å². The second-order valence-electron chi connectivity index (χ2n) is 7.16. The number of allylic oxidation sites excluding steroid dienone is 1. The summed E-state index contributed by atoms with van der Waals surface area (Å²) in [5, 5.41) is 0. The van der Waals surface area contributed by atoms with Crippen LogP contribution in [0.1, 0.15) is 21.5 Å². The molecule has 0 aromatic heterocycles. The zero-order valence-electron chi connectivity index (χ0n) is 16.1. The minimum absolute atomic E-state index is 0.0178. The van der Waals surface area contributed by atoms with E-state index in [1.165, 1.54) is 5.56 Å². The van der Waals surface area contributed by atoms with Gasteiger partial charge < -0.3 is 4.74 Å². The Bertz CT molecular complexity index is 1040. The Hall–Kier alpha value is -3.57. The lowest BCUT2D eigenvalue weighted by Crippen LogP contribution is -2.29. The highest BCUT2D eigenvalue weighted by atomic mass is 16.5. The number of rotatable bonds is 4. The van der Waals surface area contributed by atoms with Gasteiger partial charge in [0.1, 0.15) is 0 Å². The standard InChI is InChI=1S/C27H22O2/c28-27(23-14-8-3-9-15-23)26-20-29-19-24(18-22-12-6-2-7-13-22)25(26)17-16-21-10-4-1-5-11-21/h1-15,20,24-25H,18-19H2/t24-,25+/m0/s1. The third-order valence-corrected chi connectivity index (χ3v) is 5.11. The summed E-state index contributed by atoms with van der Waals surface area (Å²) in [6, 6.07) is 29.5. The highest BCUT2D eigenvalue weighted by Gasteiger charge is 2.32. The van der Waals surface area contributed by atoms with Crippen LogP contribution in [0, 0.1) is 23.7 Å². The monoisotopic (exact) mass is 378 g/mol. The molecule has 0 aliphatic carbocycles. The summed E-state index contributed by atoms with van der Waals surface area (Å²) in [5.41, 5.74) is 3.46. The fraction of sp³-hybridized carbons (Fsp3) is 0.148. The number of Topliss-reactive ketones (excluding diaryl/α,β-unsaturated/α-hetero) is 1. The lowest BCUT2D eigenvalue weighted by molar-refractivity contribution is 0.0963. The van der Waals surface area contributed by atoms with Crippen molar-refractivity contribution >= 4 is 5.78 Å². The van der Waals surface area contributed by atoms with Crippen molar-refractivity contribution in [1.82, 2.24) is 0 Å². The van der Waals surface area contributed by atoms with Crippen LogP contribution < -0.4 is 0 Å². The predicted octanol–water partition coefficient (Wildman–Crippen LogP) is 5.31. The first-order chi connectivity index (χ1) is 14.3. The van der Waals surface area contributed by atoms with Crippen LogP contribution in [0.25, 0.3) is 0 Å². The third-order valence-electron chi connectivity index (χ3n) is 5.11. The molecule has 0 fully saturated rings. The number of ether oxygens (including phenoxy) is 1. The highest BCUT2D eigenvalue weighted by Crippen LogP contribution is 2.31. The van der Waals surface area contributed by atoms with Gasteiger partial charge in [-0.3, -0.25) is 4.79 Å². The molecule has 1 aliphatic rings. The van der Waals surface area contributed by atoms with Crippen molar-refractivity contribution in [3.63, 3.8) is 0 Å². The summed E-state index contributed by atoms with van der Waals surface area (Å²) in [5.74, 6) is 6.57. The van der Waals surface area contributed by atoms with Gasteiger partial charge in [0.2, 0.25) is 0 Å². The van der Waals surface area contributed by atoms with E-state index in [0.717, 1.165) is 12.0 Å². The zero-order valence-corrected chi connectivity index (χ0v) is 16.1. The molecule has 0 saturated heterocycles. The largest absolute Gasteiger partial charge is 0.500 e. The van der Waals surface area contributed by atoms with E-state index in [4.69, 9.17) is 4.74 Å². The van der Waals surface area contributed by atoms with E-state index in [-0.39, 0.29) is 17.6 Å². The third kappa shape index (κ3) is 4.65. The summed E-state index contributed by atoms with van der Waals surface area (Å²) >= 11 is 0. The van der Waals surface area contributed by atoms with Crippen molar-refractivity contribution in [1.29, 1.82) is 0 Å². The van der Waals surface area contributed by atoms with Crippen molar-refractivity contribution in [2.75, 3.05) is 6.61 Å². The number of carbonyl (C=O) groups excluding carboxylic acids is 1. The van der Waals surface area contributed by atoms with Crippen LogP contribution in [0.2, 0.25) is 0 Å². The van der Waals surface area contributed by atoms with E-state index in [1.807, 2.05) is 78.9 Å². The molecule has 3 aromatic rings. The SMILES string of the molecule is O=C(C1=COC[C@H](Cc2ccccc2)[C@H]1C#Cc1ccccc1)c1ccccc1. The van der Waals surface area contributed by atoms with Crippen LogP contribution in [0.5, 0.6) is 0 Å². The molecule has 142 valence electrons. The quantitative estimate of drug-likeness (QED) is 0.454. The molecular weight excluding hydrogens is 356 g/mol. The van der Waals surface area contributed by atoms with Crippen LogP contribution >= 0.6 is 0 Å². The van der Waals surface area contributed by atoms with Gasteiger partial charge in [-0.1, -0.05) is 90.7 Å². The van der Waals surface area contributed by atoms with Gasteiger partial charge in [0.15, 0.2) is 5.78 Å². The van der Waals surface area contributed by atoms with Crippen molar-refractivity contribution in [3.05, 3.63) is 120 Å². The fourth-order valence-corrected chi connectivity index (χ4v) is 3.61. The van der Waals surface area contributed by atoms with Crippen molar-refractivity contribution in [2.24, 2.45) is 11.8 Å². The Morgan fingerprint density at radius 2 is 1.48 bits per heavy atom. The summed E-state index contributed by atoms with van der Waals surface area (Å²) in [6.07, 6.45) is 2.43. The van der Waals surface area contributed by atoms with Gasteiger partial charge in [-0.05, 0) is 24.1 Å². The van der Waals surface area contributed by atoms with E-state index >= 15 is 0 Å². The maximum Gasteiger partial charge on any atom is 0.193 e. The van der Waals surface area contributed by atoms with E-state index in [0.29, 0.717) is 17.7 Å². The van der Waals surface area contributed by atoms with Crippen molar-refractivity contribution in [2.45, 2.75) is 6.42 Å². The van der Waals surface area contributed by atoms with Gasteiger partial charge in [-0.15, -0.1) is 0 Å². The lowest BCUT2D eigenvalue weighted by Gasteiger charge is -2.29. The molecule has 0 amide bonds. The first kappa shape index (κ1) is 18.8. The molecule has 0 spiro atoms. The Balaban J connectivity index is 1.68. The number of hydrogen-bond acceptors (Lipinski definition) is 2. The fourth-order valence-electron chi connectivity index (χ4n) is 3.61. The highest BCUT2D eigenvalue weighted by molar-refractivity contribution is 6.09. The molecular formula is C27H22O2. The Morgan fingerprint density at radius 3 is 2.17 bits per heavy atom. The van der Waals surface area contributed by atoms with Gasteiger partial charge >= 0.3 is 0 Å². The molecule has 0 bridgehead atoms. The topological polar surface area (TPSA) is 26.3 Å². The lowest BCUT2D eigenvalue weighted by atomic mass is 9.79. The zero-order chi connectivity index (χ0) is 19.9. The molecule has 0 unspecified atom stereocenters. The van der Waals surface area contributed by atoms with Crippen molar-refractivity contribution in [3.8, 4) is 11.8 Å². The number of ketones is 1. The van der Waals surface area contributed by atoms with Gasteiger partial charge in [0, 0.05) is 17.0 Å². The van der Waals surface area contributed by atoms with Gasteiger partial charge in [-0.25, -0.2) is 0 Å². The van der Waals surface area contributed by atoms with E-state index in [9.17, 15) is 4.79 Å². The summed E-state index contributed by atoms with van der Waals surface area (Å²) in [6.45, 7) is 0.550. The van der Waals surface area contributed by atoms with E-state index in [1.54, 1.807) is 6.26 Å². The molecule has 4 rings (SSSR count). The Morgan fingerprint density at radius 1 is 0.862 bits per heavy atom. The molecule has 1 aliphatic heterocycles. The summed E-state index contributed by atoms with van der Waals surface area (Å²) in [7, 11) is 0. The predicted molar refractivity (Wildman–Crippen MR) is 115 cm³/mol. The van der Waals surface area contributed by atoms with Crippen LogP contribution in [-0.4, -0.2) is 12.4 Å². The van der Waals surface area contributed by atoms with Crippen LogP contribution in [0.4, 0.5) is 0 Å². The number of hydrogen-bond donors (Lipinski definition) is 0. The smallest absolute Gasteiger partial charge is 0.193 e. The second kappa shape index (κ2) is 9.08. The number of benzene rings is 3. The van der Waals surface area contributed by atoms with E-state index in [2.05, 4.69) is 24.0 Å². The minimum atomic E-state index is -0.183. The first-order valence-corrected chi connectivity index (χ1v) is 9.83. The van der Waals surface area contributed by atoms with Gasteiger partial charge in [0.25, 0.3) is 0 Å². The normalized spacial score (nSPS) is 18.0. The molecule has 1 heterocycles. The molecule has 0 saturated carbocycles.